The summed E-state index contributed by atoms with van der Waals surface area (Å²) >= 11 is 0. The Hall–Kier alpha value is -7.86. The SMILES string of the molecule is [C-]#[N+]c1ccc2c3ccccc3n(-c3ccc(C#N)cc3-c3ccccc3-n3c4ccccc4c4cccc(-n5c6ccccc6c6ccccc65)c43)c2c1. The van der Waals surface area contributed by atoms with Gasteiger partial charge in [0.25, 0.3) is 0 Å². The molecule has 0 radical (unpaired) electrons. The van der Waals surface area contributed by atoms with Crippen LogP contribution in [0, 0.1) is 17.9 Å². The number of aromatic nitrogens is 3. The average Bonchev–Trinajstić information content (AvgIpc) is 3.89. The summed E-state index contributed by atoms with van der Waals surface area (Å²) in [6.45, 7) is 7.83. The lowest BCUT2D eigenvalue weighted by Crippen LogP contribution is -2.04. The second-order valence-electron chi connectivity index (χ2n) is 13.9. The molecule has 0 fully saturated rings. The van der Waals surface area contributed by atoms with E-state index in [0.29, 0.717) is 11.3 Å². The van der Waals surface area contributed by atoms with Crippen LogP contribution < -0.4 is 0 Å². The fourth-order valence-corrected chi connectivity index (χ4v) is 8.81. The highest BCUT2D eigenvalue weighted by Gasteiger charge is 2.23. The maximum absolute atomic E-state index is 10.3. The van der Waals surface area contributed by atoms with Crippen LogP contribution in [0.5, 0.6) is 0 Å². The van der Waals surface area contributed by atoms with Crippen molar-refractivity contribution in [2.45, 2.75) is 0 Å². The average molecular weight is 700 g/mol. The first-order valence-electron chi connectivity index (χ1n) is 18.3. The van der Waals surface area contributed by atoms with Gasteiger partial charge in [0.15, 0.2) is 5.69 Å². The quantitative estimate of drug-likeness (QED) is 0.169. The van der Waals surface area contributed by atoms with E-state index in [4.69, 9.17) is 6.57 Å². The van der Waals surface area contributed by atoms with Gasteiger partial charge in [0.1, 0.15) is 0 Å². The van der Waals surface area contributed by atoms with Crippen LogP contribution >= 0.6 is 0 Å². The van der Waals surface area contributed by atoms with E-state index in [0.717, 1.165) is 82.8 Å². The van der Waals surface area contributed by atoms with Crippen molar-refractivity contribution >= 4 is 71.1 Å². The molecule has 3 aromatic heterocycles. The second-order valence-corrected chi connectivity index (χ2v) is 13.9. The zero-order chi connectivity index (χ0) is 36.6. The molecule has 0 atom stereocenters. The van der Waals surface area contributed by atoms with Crippen molar-refractivity contribution in [2.75, 3.05) is 0 Å². The van der Waals surface area contributed by atoms with E-state index < -0.39 is 0 Å². The van der Waals surface area contributed by atoms with E-state index in [1.54, 1.807) is 0 Å². The third kappa shape index (κ3) is 4.39. The van der Waals surface area contributed by atoms with E-state index in [1.165, 1.54) is 10.8 Å². The standard InChI is InChI=1S/C50H29N5/c1-52-33-26-27-39-36-15-4-9-21-44(36)54(49(39)30-33)47-28-25-32(31-51)29-41(47)38-17-6-11-23-46(38)55-45-22-10-5-16-37(45)40-18-12-24-48(50(40)55)53-42-19-7-2-13-34(42)35-14-3-8-20-43(35)53/h2-30H. The van der Waals surface area contributed by atoms with Crippen LogP contribution in [0.2, 0.25) is 0 Å². The zero-order valence-corrected chi connectivity index (χ0v) is 29.5. The molecule has 0 amide bonds. The Morgan fingerprint density at radius 1 is 0.400 bits per heavy atom. The van der Waals surface area contributed by atoms with Crippen molar-refractivity contribution in [1.82, 2.24) is 13.7 Å². The lowest BCUT2D eigenvalue weighted by Gasteiger charge is -2.20. The largest absolute Gasteiger partial charge is 0.310 e. The van der Waals surface area contributed by atoms with Crippen molar-refractivity contribution < 1.29 is 0 Å². The molecule has 3 heterocycles. The van der Waals surface area contributed by atoms with E-state index in [2.05, 4.69) is 170 Å². The molecule has 0 unspecified atom stereocenters. The van der Waals surface area contributed by atoms with Crippen LogP contribution in [0.15, 0.2) is 176 Å². The molecule has 55 heavy (non-hydrogen) atoms. The first-order valence-corrected chi connectivity index (χ1v) is 18.3. The van der Waals surface area contributed by atoms with Crippen molar-refractivity contribution in [3.05, 3.63) is 193 Å². The molecule has 5 nitrogen and oxygen atoms in total. The zero-order valence-electron chi connectivity index (χ0n) is 29.5. The highest BCUT2D eigenvalue weighted by atomic mass is 15.1. The van der Waals surface area contributed by atoms with Crippen LogP contribution in [0.4, 0.5) is 5.69 Å². The highest BCUT2D eigenvalue weighted by molar-refractivity contribution is 6.16. The summed E-state index contributed by atoms with van der Waals surface area (Å²) in [4.78, 5) is 3.79. The molecule has 0 aliphatic carbocycles. The summed E-state index contributed by atoms with van der Waals surface area (Å²) in [5.74, 6) is 0. The lowest BCUT2D eigenvalue weighted by molar-refractivity contribution is 1.13. The molecular formula is C50H29N5. The Morgan fingerprint density at radius 3 is 1.53 bits per heavy atom. The van der Waals surface area contributed by atoms with Gasteiger partial charge in [-0.15, -0.1) is 0 Å². The minimum atomic E-state index is 0.573. The van der Waals surface area contributed by atoms with Crippen molar-refractivity contribution in [3.63, 3.8) is 0 Å². The first kappa shape index (κ1) is 30.7. The molecule has 0 bridgehead atoms. The number of nitriles is 1. The van der Waals surface area contributed by atoms with Gasteiger partial charge >= 0.3 is 0 Å². The van der Waals surface area contributed by atoms with Gasteiger partial charge in [-0.05, 0) is 60.7 Å². The van der Waals surface area contributed by atoms with Crippen LogP contribution in [0.25, 0.3) is 98.5 Å². The molecule has 0 aliphatic heterocycles. The highest BCUT2D eigenvalue weighted by Crippen LogP contribution is 2.44. The fraction of sp³-hybridized carbons (Fsp3) is 0. The molecular weight excluding hydrogens is 671 g/mol. The molecule has 11 rings (SSSR count). The Bertz CT molecular complexity index is 3420. The molecule has 0 aliphatic rings. The first-order chi connectivity index (χ1) is 27.2. The van der Waals surface area contributed by atoms with Gasteiger partial charge in [-0.25, -0.2) is 4.85 Å². The van der Waals surface area contributed by atoms with Crippen LogP contribution in [0.3, 0.4) is 0 Å². The molecule has 0 spiro atoms. The third-order valence-corrected chi connectivity index (χ3v) is 11.1. The van der Waals surface area contributed by atoms with E-state index in [1.807, 2.05) is 30.3 Å². The van der Waals surface area contributed by atoms with Crippen LogP contribution in [0.1, 0.15) is 5.56 Å². The maximum Gasteiger partial charge on any atom is 0.189 e. The van der Waals surface area contributed by atoms with Gasteiger partial charge < -0.3 is 13.7 Å². The van der Waals surface area contributed by atoms with Gasteiger partial charge in [0, 0.05) is 49.0 Å². The Kier molecular flexibility index (Phi) is 6.61. The molecule has 8 aromatic carbocycles. The number of fused-ring (bicyclic) bond motifs is 9. The van der Waals surface area contributed by atoms with E-state index in [9.17, 15) is 5.26 Å². The lowest BCUT2D eigenvalue weighted by atomic mass is 9.98. The van der Waals surface area contributed by atoms with Crippen molar-refractivity contribution in [2.24, 2.45) is 0 Å². The molecule has 5 heteroatoms. The van der Waals surface area contributed by atoms with Gasteiger partial charge in [-0.3, -0.25) is 0 Å². The number of hydrogen-bond acceptors (Lipinski definition) is 1. The molecule has 254 valence electrons. The Labute approximate surface area is 316 Å². The smallest absolute Gasteiger partial charge is 0.189 e. The van der Waals surface area contributed by atoms with Gasteiger partial charge in [-0.2, -0.15) is 5.26 Å². The number of rotatable bonds is 4. The van der Waals surface area contributed by atoms with Crippen molar-refractivity contribution in [3.8, 4) is 34.3 Å². The van der Waals surface area contributed by atoms with Gasteiger partial charge in [0.2, 0.25) is 0 Å². The molecule has 0 saturated heterocycles. The predicted octanol–water partition coefficient (Wildman–Crippen LogP) is 13.1. The van der Waals surface area contributed by atoms with Gasteiger partial charge in [-0.1, -0.05) is 115 Å². The minimum Gasteiger partial charge on any atom is -0.310 e. The Morgan fingerprint density at radius 2 is 0.891 bits per heavy atom. The van der Waals surface area contributed by atoms with Crippen LogP contribution in [-0.2, 0) is 0 Å². The molecule has 0 saturated carbocycles. The number of hydrogen-bond donors (Lipinski definition) is 0. The normalized spacial score (nSPS) is 11.6. The number of benzene rings is 8. The minimum absolute atomic E-state index is 0.573. The monoisotopic (exact) mass is 699 g/mol. The number of nitrogens with zero attached hydrogens (tertiary/aromatic N) is 5. The summed E-state index contributed by atoms with van der Waals surface area (Å²) in [7, 11) is 0. The van der Waals surface area contributed by atoms with Gasteiger partial charge in [0.05, 0.1) is 62.9 Å². The topological polar surface area (TPSA) is 42.9 Å². The molecule has 11 aromatic rings. The second kappa shape index (κ2) is 11.8. The van der Waals surface area contributed by atoms with Crippen molar-refractivity contribution in [1.29, 1.82) is 5.26 Å². The summed E-state index contributed by atoms with van der Waals surface area (Å²) in [5, 5.41) is 17.2. The fourth-order valence-electron chi connectivity index (χ4n) is 8.81. The predicted molar refractivity (Wildman–Crippen MR) is 226 cm³/mol. The maximum atomic E-state index is 10.3. The molecule has 0 N–H and O–H groups in total. The van der Waals surface area contributed by atoms with E-state index >= 15 is 0 Å². The Balaban J connectivity index is 1.27. The summed E-state index contributed by atoms with van der Waals surface area (Å²) < 4.78 is 7.06. The third-order valence-electron chi connectivity index (χ3n) is 11.1. The summed E-state index contributed by atoms with van der Waals surface area (Å²) in [6, 6.07) is 63.7. The summed E-state index contributed by atoms with van der Waals surface area (Å²) in [6.07, 6.45) is 0. The van der Waals surface area contributed by atoms with Crippen LogP contribution in [-0.4, -0.2) is 13.7 Å². The summed E-state index contributed by atoms with van der Waals surface area (Å²) in [5.41, 5.74) is 12.5. The van der Waals surface area contributed by atoms with E-state index in [-0.39, 0.29) is 0 Å². The number of para-hydroxylation sites is 6.